The monoisotopic (exact) mass is 864 g/mol. The first-order valence-electron chi connectivity index (χ1n) is 15.1. The van der Waals surface area contributed by atoms with Gasteiger partial charge in [0.1, 0.15) is 18.2 Å². The maximum atomic E-state index is 14.2. The molecule has 0 unspecified atom stereocenters. The first-order valence-corrected chi connectivity index (χ1v) is 17.8. The standard InChI is InChI=1S/C35H31BrFIN2O8S/c1-5-45-27-16-22(9-12-26(27)47-18-29(41)44-4)31-30(34(43)46-6-2)19(3)39-35-40(31)33(42)28(49-35)15-21-13-24(36)32(25(38)14-21)48-17-20-7-10-23(37)11-8-20/h7-16,31H,5-6,17-18H2,1-4H3/b28-15-/t31-/m0/s1. The highest BCUT2D eigenvalue weighted by molar-refractivity contribution is 14.1. The zero-order chi connectivity index (χ0) is 35.2. The van der Waals surface area contributed by atoms with Crippen molar-refractivity contribution < 1.29 is 37.7 Å². The topological polar surface area (TPSA) is 115 Å². The molecule has 3 aromatic carbocycles. The molecule has 1 aliphatic rings. The molecule has 4 aromatic rings. The van der Waals surface area contributed by atoms with Crippen LogP contribution in [0.25, 0.3) is 6.08 Å². The SMILES string of the molecule is CCOC(=O)C1=C(C)N=c2s/c(=C\c3cc(Br)c(OCc4ccc(F)cc4)c(I)c3)c(=O)n2[C@H]1c1ccc(OCC(=O)OC)c(OCC)c1. The molecule has 2 heterocycles. The summed E-state index contributed by atoms with van der Waals surface area (Å²) in [5.41, 5.74) is 2.39. The largest absolute Gasteiger partial charge is 0.490 e. The van der Waals surface area contributed by atoms with Gasteiger partial charge < -0.3 is 23.7 Å². The number of ether oxygens (including phenoxy) is 5. The number of hydrogen-bond donors (Lipinski definition) is 0. The van der Waals surface area contributed by atoms with Crippen LogP contribution in [0.3, 0.4) is 0 Å². The number of carbonyl (C=O) groups is 2. The first kappa shape index (κ1) is 36.3. The number of esters is 2. The molecule has 1 aromatic heterocycles. The fraction of sp³-hybridized carbons (Fsp3) is 0.257. The Morgan fingerprint density at radius 3 is 2.47 bits per heavy atom. The molecule has 0 N–H and O–H groups in total. The Morgan fingerprint density at radius 1 is 1.04 bits per heavy atom. The van der Waals surface area contributed by atoms with Gasteiger partial charge in [-0.3, -0.25) is 9.36 Å². The van der Waals surface area contributed by atoms with Crippen LogP contribution in [0.15, 0.2) is 80.1 Å². The van der Waals surface area contributed by atoms with E-state index in [9.17, 15) is 18.8 Å². The van der Waals surface area contributed by atoms with Crippen LogP contribution in [-0.2, 0) is 25.7 Å². The lowest BCUT2D eigenvalue weighted by molar-refractivity contribution is -0.143. The molecule has 5 rings (SSSR count). The molecule has 1 atom stereocenters. The fourth-order valence-electron chi connectivity index (χ4n) is 5.07. The summed E-state index contributed by atoms with van der Waals surface area (Å²) < 4.78 is 44.2. The Bertz CT molecular complexity index is 2090. The number of rotatable bonds is 12. The van der Waals surface area contributed by atoms with Crippen LogP contribution in [0.5, 0.6) is 17.2 Å². The highest BCUT2D eigenvalue weighted by atomic mass is 127. The summed E-state index contributed by atoms with van der Waals surface area (Å²) in [6, 6.07) is 13.9. The summed E-state index contributed by atoms with van der Waals surface area (Å²) in [7, 11) is 1.26. The average Bonchev–Trinajstić information content (AvgIpc) is 3.37. The second-order valence-electron chi connectivity index (χ2n) is 10.5. The number of thiazole rings is 1. The number of methoxy groups -OCH3 is 1. The van der Waals surface area contributed by atoms with Gasteiger partial charge in [0, 0.05) is 0 Å². The van der Waals surface area contributed by atoms with Crippen LogP contribution in [0, 0.1) is 9.39 Å². The molecule has 0 bridgehead atoms. The number of hydrogen-bond acceptors (Lipinski definition) is 10. The summed E-state index contributed by atoms with van der Waals surface area (Å²) in [4.78, 5) is 44.3. The Labute approximate surface area is 307 Å². The van der Waals surface area contributed by atoms with Gasteiger partial charge in [-0.2, -0.15) is 0 Å². The maximum absolute atomic E-state index is 14.2. The Kier molecular flexibility index (Phi) is 11.9. The quantitative estimate of drug-likeness (QED) is 0.129. The lowest BCUT2D eigenvalue weighted by Crippen LogP contribution is -2.40. The number of benzene rings is 3. The molecule has 0 radical (unpaired) electrons. The van der Waals surface area contributed by atoms with E-state index in [0.717, 1.165) is 14.7 Å². The van der Waals surface area contributed by atoms with Crippen LogP contribution >= 0.6 is 49.9 Å². The van der Waals surface area contributed by atoms with E-state index in [2.05, 4.69) is 48.3 Å². The van der Waals surface area contributed by atoms with E-state index in [1.165, 1.54) is 35.1 Å². The van der Waals surface area contributed by atoms with Gasteiger partial charge in [-0.25, -0.2) is 19.0 Å². The molecule has 0 aliphatic carbocycles. The third-order valence-electron chi connectivity index (χ3n) is 7.29. The minimum atomic E-state index is -0.888. The molecule has 0 amide bonds. The van der Waals surface area contributed by atoms with Crippen molar-refractivity contribution in [3.05, 3.63) is 116 Å². The molecule has 14 heteroatoms. The van der Waals surface area contributed by atoms with Crippen molar-refractivity contribution in [3.63, 3.8) is 0 Å². The molecular formula is C35H31BrFIN2O8S. The van der Waals surface area contributed by atoms with Crippen LogP contribution < -0.4 is 29.1 Å². The third-order valence-corrected chi connectivity index (χ3v) is 9.66. The van der Waals surface area contributed by atoms with Crippen molar-refractivity contribution in [2.24, 2.45) is 4.99 Å². The first-order chi connectivity index (χ1) is 23.5. The minimum Gasteiger partial charge on any atom is -0.490 e. The zero-order valence-electron chi connectivity index (χ0n) is 26.9. The van der Waals surface area contributed by atoms with Gasteiger partial charge in [-0.05, 0) is 118 Å². The second-order valence-corrected chi connectivity index (χ2v) is 13.6. The van der Waals surface area contributed by atoms with E-state index in [-0.39, 0.29) is 36.8 Å². The van der Waals surface area contributed by atoms with Crippen molar-refractivity contribution >= 4 is 67.9 Å². The van der Waals surface area contributed by atoms with Crippen molar-refractivity contribution in [1.29, 1.82) is 0 Å². The van der Waals surface area contributed by atoms with Gasteiger partial charge in [0.05, 0.1) is 50.2 Å². The average molecular weight is 866 g/mol. The van der Waals surface area contributed by atoms with E-state index >= 15 is 0 Å². The summed E-state index contributed by atoms with van der Waals surface area (Å²) in [5.74, 6) is -0.236. The van der Waals surface area contributed by atoms with Crippen molar-refractivity contribution in [3.8, 4) is 17.2 Å². The van der Waals surface area contributed by atoms with Gasteiger partial charge in [-0.15, -0.1) is 0 Å². The maximum Gasteiger partial charge on any atom is 0.343 e. The summed E-state index contributed by atoms with van der Waals surface area (Å²) in [6.07, 6.45) is 1.76. The third kappa shape index (κ3) is 8.24. The normalized spacial score (nSPS) is 14.2. The zero-order valence-corrected chi connectivity index (χ0v) is 31.4. The van der Waals surface area contributed by atoms with Crippen LogP contribution in [0.4, 0.5) is 4.39 Å². The number of carbonyl (C=O) groups excluding carboxylic acids is 2. The number of aromatic nitrogens is 1. The van der Waals surface area contributed by atoms with Crippen molar-refractivity contribution in [2.45, 2.75) is 33.4 Å². The lowest BCUT2D eigenvalue weighted by atomic mass is 9.95. The van der Waals surface area contributed by atoms with Gasteiger partial charge in [0.25, 0.3) is 5.56 Å². The fourth-order valence-corrected chi connectivity index (χ4v) is 7.89. The van der Waals surface area contributed by atoms with Crippen LogP contribution in [-0.4, -0.2) is 43.4 Å². The number of halogens is 3. The Morgan fingerprint density at radius 2 is 1.80 bits per heavy atom. The van der Waals surface area contributed by atoms with Gasteiger partial charge in [-0.1, -0.05) is 29.5 Å². The van der Waals surface area contributed by atoms with Crippen molar-refractivity contribution in [1.82, 2.24) is 4.57 Å². The molecular weight excluding hydrogens is 834 g/mol. The smallest absolute Gasteiger partial charge is 0.343 e. The summed E-state index contributed by atoms with van der Waals surface area (Å²) >= 11 is 6.95. The highest BCUT2D eigenvalue weighted by Crippen LogP contribution is 2.37. The van der Waals surface area contributed by atoms with Crippen LogP contribution in [0.1, 0.15) is 43.5 Å². The molecule has 1 aliphatic heterocycles. The predicted molar refractivity (Wildman–Crippen MR) is 193 cm³/mol. The Balaban J connectivity index is 1.56. The van der Waals surface area contributed by atoms with E-state index in [4.69, 9.17) is 18.9 Å². The van der Waals surface area contributed by atoms with E-state index in [0.29, 0.717) is 48.9 Å². The number of allylic oxidation sites excluding steroid dienone is 1. The van der Waals surface area contributed by atoms with Gasteiger partial charge in [0.15, 0.2) is 22.9 Å². The van der Waals surface area contributed by atoms with E-state index < -0.39 is 18.0 Å². The lowest BCUT2D eigenvalue weighted by Gasteiger charge is -2.25. The highest BCUT2D eigenvalue weighted by Gasteiger charge is 2.34. The predicted octanol–water partition coefficient (Wildman–Crippen LogP) is 5.83. The van der Waals surface area contributed by atoms with Gasteiger partial charge in [0.2, 0.25) is 0 Å². The van der Waals surface area contributed by atoms with Gasteiger partial charge >= 0.3 is 11.9 Å². The summed E-state index contributed by atoms with van der Waals surface area (Å²) in [5, 5.41) is 0. The molecule has 10 nitrogen and oxygen atoms in total. The van der Waals surface area contributed by atoms with E-state index in [1.54, 1.807) is 57.2 Å². The molecule has 0 spiro atoms. The molecule has 0 saturated carbocycles. The number of fused-ring (bicyclic) bond motifs is 1. The molecule has 0 saturated heterocycles. The minimum absolute atomic E-state index is 0.133. The van der Waals surface area contributed by atoms with Crippen LogP contribution in [0.2, 0.25) is 0 Å². The molecule has 0 fully saturated rings. The van der Waals surface area contributed by atoms with E-state index in [1.807, 2.05) is 12.1 Å². The second kappa shape index (κ2) is 16.1. The summed E-state index contributed by atoms with van der Waals surface area (Å²) in [6.45, 7) is 5.57. The van der Waals surface area contributed by atoms with Crippen molar-refractivity contribution in [2.75, 3.05) is 26.9 Å². The molecule has 49 heavy (non-hydrogen) atoms. The number of nitrogens with zero attached hydrogens (tertiary/aromatic N) is 2. The Hall–Kier alpha value is -4.02. The molecule has 256 valence electrons.